The summed E-state index contributed by atoms with van der Waals surface area (Å²) in [6.07, 6.45) is 1.22. The average Bonchev–Trinajstić information content (AvgIpc) is 2.75. The van der Waals surface area contributed by atoms with E-state index in [-0.39, 0.29) is 43.2 Å². The first kappa shape index (κ1) is 19.5. The molecule has 0 aliphatic carbocycles. The summed E-state index contributed by atoms with van der Waals surface area (Å²) in [5, 5.41) is 3.84. The monoisotopic (exact) mass is 337 g/mol. The van der Waals surface area contributed by atoms with Crippen LogP contribution in [0.3, 0.4) is 0 Å². The number of primary amides is 1. The Bertz CT molecular complexity index is 430. The summed E-state index contributed by atoms with van der Waals surface area (Å²) >= 11 is 4.46. The van der Waals surface area contributed by atoms with Crippen molar-refractivity contribution in [2.75, 3.05) is 6.54 Å². The van der Waals surface area contributed by atoms with Crippen molar-refractivity contribution in [3.63, 3.8) is 0 Å². The van der Waals surface area contributed by atoms with Gasteiger partial charge in [-0.2, -0.15) is 12.6 Å². The molecule has 1 amide bonds. The van der Waals surface area contributed by atoms with Crippen molar-refractivity contribution < 1.29 is 4.79 Å². The highest BCUT2D eigenvalue weighted by Gasteiger charge is 2.22. The number of thiol groups is 1. The molecule has 7 heteroatoms. The summed E-state index contributed by atoms with van der Waals surface area (Å²) in [7, 11) is 0. The van der Waals surface area contributed by atoms with Gasteiger partial charge in [0.15, 0.2) is 0 Å². The van der Waals surface area contributed by atoms with Gasteiger partial charge in [0.1, 0.15) is 0 Å². The molecule has 0 spiro atoms. The first-order chi connectivity index (χ1) is 8.56. The first-order valence-electron chi connectivity index (χ1n) is 6.11. The van der Waals surface area contributed by atoms with E-state index < -0.39 is 0 Å². The summed E-state index contributed by atoms with van der Waals surface area (Å²) in [5.41, 5.74) is 13.2. The van der Waals surface area contributed by atoms with Crippen LogP contribution in [0.2, 0.25) is 0 Å². The lowest BCUT2D eigenvalue weighted by molar-refractivity contribution is -0.118. The van der Waals surface area contributed by atoms with Gasteiger partial charge >= 0.3 is 0 Å². The van der Waals surface area contributed by atoms with Gasteiger partial charge < -0.3 is 16.8 Å². The van der Waals surface area contributed by atoms with Crippen LogP contribution in [0.4, 0.5) is 0 Å². The lowest BCUT2D eigenvalue weighted by Gasteiger charge is -2.14. The van der Waals surface area contributed by atoms with E-state index >= 15 is 0 Å². The first-order valence-corrected chi connectivity index (χ1v) is 6.63. The van der Waals surface area contributed by atoms with Crippen LogP contribution >= 0.6 is 37.4 Å². The van der Waals surface area contributed by atoms with E-state index in [1.54, 1.807) is 0 Å². The van der Waals surface area contributed by atoms with E-state index in [2.05, 4.69) is 30.1 Å². The van der Waals surface area contributed by atoms with Crippen molar-refractivity contribution in [2.24, 2.45) is 11.5 Å². The smallest absolute Gasteiger partial charge is 0.219 e. The third-order valence-electron chi connectivity index (χ3n) is 3.30. The molecule has 1 heterocycles. The Balaban J connectivity index is 0.00000180. The van der Waals surface area contributed by atoms with Gasteiger partial charge in [0.2, 0.25) is 5.91 Å². The average molecular weight is 338 g/mol. The van der Waals surface area contributed by atoms with Crippen LogP contribution in [0.1, 0.15) is 36.1 Å². The molecule has 1 aliphatic rings. The fourth-order valence-electron chi connectivity index (χ4n) is 2.28. The molecule has 0 bridgehead atoms. The second kappa shape index (κ2) is 8.74. The SMILES string of the molecule is Cl.Cl.NC(=O)C[C@H](N)c1ccc([C@H]2C[C@H](S)CN2)cc1. The van der Waals surface area contributed by atoms with Gasteiger partial charge in [0.05, 0.1) is 0 Å². The zero-order chi connectivity index (χ0) is 13.1. The quantitative estimate of drug-likeness (QED) is 0.631. The fourth-order valence-corrected chi connectivity index (χ4v) is 2.60. The number of halogens is 2. The molecule has 1 saturated heterocycles. The van der Waals surface area contributed by atoms with Crippen molar-refractivity contribution >= 4 is 43.4 Å². The molecule has 2 rings (SSSR count). The minimum absolute atomic E-state index is 0. The van der Waals surface area contributed by atoms with Crippen LogP contribution in [0.15, 0.2) is 24.3 Å². The zero-order valence-electron chi connectivity index (χ0n) is 11.0. The predicted octanol–water partition coefficient (Wildman–Crippen LogP) is 1.74. The Kier molecular flexibility index (Phi) is 8.54. The molecule has 1 aromatic carbocycles. The molecular weight excluding hydrogens is 317 g/mol. The Morgan fingerprint density at radius 3 is 2.40 bits per heavy atom. The Morgan fingerprint density at radius 1 is 1.35 bits per heavy atom. The van der Waals surface area contributed by atoms with Crippen LogP contribution in [-0.4, -0.2) is 17.7 Å². The second-order valence-electron chi connectivity index (χ2n) is 4.79. The summed E-state index contributed by atoms with van der Waals surface area (Å²) in [4.78, 5) is 10.8. The zero-order valence-corrected chi connectivity index (χ0v) is 13.5. The fraction of sp³-hybridized carbons (Fsp3) is 0.462. The third kappa shape index (κ3) is 5.14. The van der Waals surface area contributed by atoms with Gasteiger partial charge in [0, 0.05) is 30.3 Å². The van der Waals surface area contributed by atoms with Crippen LogP contribution < -0.4 is 16.8 Å². The van der Waals surface area contributed by atoms with Crippen molar-refractivity contribution in [1.82, 2.24) is 5.32 Å². The molecule has 1 fully saturated rings. The molecule has 5 N–H and O–H groups in total. The van der Waals surface area contributed by atoms with E-state index in [0.717, 1.165) is 18.5 Å². The molecule has 1 aliphatic heterocycles. The topological polar surface area (TPSA) is 81.1 Å². The van der Waals surface area contributed by atoms with Gasteiger partial charge in [-0.3, -0.25) is 4.79 Å². The standard InChI is InChI=1S/C13H19N3OS.2ClH/c14-11(6-13(15)17)8-1-3-9(4-2-8)12-5-10(18)7-16-12;;/h1-4,10-12,16,18H,5-7,14H2,(H2,15,17);2*1H/t10-,11-,12+;;/m0../s1. The molecule has 0 unspecified atom stereocenters. The van der Waals surface area contributed by atoms with Gasteiger partial charge in [0.25, 0.3) is 0 Å². The van der Waals surface area contributed by atoms with Crippen molar-refractivity contribution in [3.05, 3.63) is 35.4 Å². The van der Waals surface area contributed by atoms with E-state index in [0.29, 0.717) is 11.3 Å². The maximum Gasteiger partial charge on any atom is 0.219 e. The lowest BCUT2D eigenvalue weighted by Crippen LogP contribution is -2.20. The van der Waals surface area contributed by atoms with Crippen LogP contribution in [0.5, 0.6) is 0 Å². The predicted molar refractivity (Wildman–Crippen MR) is 89.8 cm³/mol. The number of rotatable bonds is 4. The number of hydrogen-bond acceptors (Lipinski definition) is 4. The molecule has 4 nitrogen and oxygen atoms in total. The van der Waals surface area contributed by atoms with E-state index in [1.807, 2.05) is 12.1 Å². The van der Waals surface area contributed by atoms with Gasteiger partial charge in [-0.15, -0.1) is 24.8 Å². The minimum atomic E-state index is -0.373. The van der Waals surface area contributed by atoms with Crippen molar-refractivity contribution in [3.8, 4) is 0 Å². The highest BCUT2D eigenvalue weighted by atomic mass is 35.5. The van der Waals surface area contributed by atoms with Crippen LogP contribution in [-0.2, 0) is 4.79 Å². The highest BCUT2D eigenvalue weighted by Crippen LogP contribution is 2.27. The molecule has 0 aromatic heterocycles. The van der Waals surface area contributed by atoms with Crippen LogP contribution in [0, 0.1) is 0 Å². The molecule has 1 aromatic rings. The number of nitrogens with two attached hydrogens (primary N) is 2. The van der Waals surface area contributed by atoms with Gasteiger partial charge in [-0.05, 0) is 17.5 Å². The lowest BCUT2D eigenvalue weighted by atomic mass is 9.99. The Morgan fingerprint density at radius 2 is 1.95 bits per heavy atom. The number of carbonyl (C=O) groups excluding carboxylic acids is 1. The summed E-state index contributed by atoms with van der Waals surface area (Å²) < 4.78 is 0. The van der Waals surface area contributed by atoms with Crippen LogP contribution in [0.25, 0.3) is 0 Å². The number of amides is 1. The molecule has 3 atom stereocenters. The van der Waals surface area contributed by atoms with Gasteiger partial charge in [-0.25, -0.2) is 0 Å². The second-order valence-corrected chi connectivity index (χ2v) is 5.52. The highest BCUT2D eigenvalue weighted by molar-refractivity contribution is 7.81. The molecule has 114 valence electrons. The third-order valence-corrected chi connectivity index (χ3v) is 3.69. The maximum absolute atomic E-state index is 10.8. The Labute approximate surface area is 137 Å². The largest absolute Gasteiger partial charge is 0.370 e. The maximum atomic E-state index is 10.8. The van der Waals surface area contributed by atoms with Crippen molar-refractivity contribution in [2.45, 2.75) is 30.2 Å². The van der Waals surface area contributed by atoms with E-state index in [4.69, 9.17) is 11.5 Å². The molecular formula is C13H21Cl2N3OS. The number of carbonyl (C=O) groups is 1. The summed E-state index contributed by atoms with van der Waals surface area (Å²) in [6.45, 7) is 0.941. The Hall–Kier alpha value is -0.460. The minimum Gasteiger partial charge on any atom is -0.370 e. The normalized spacial score (nSPS) is 22.5. The number of benzene rings is 1. The summed E-state index contributed by atoms with van der Waals surface area (Å²) in [5.74, 6) is -0.373. The van der Waals surface area contributed by atoms with Gasteiger partial charge in [-0.1, -0.05) is 24.3 Å². The molecule has 0 saturated carbocycles. The van der Waals surface area contributed by atoms with E-state index in [9.17, 15) is 4.79 Å². The van der Waals surface area contributed by atoms with E-state index in [1.165, 1.54) is 5.56 Å². The summed E-state index contributed by atoms with van der Waals surface area (Å²) in [6, 6.07) is 8.10. The number of nitrogens with one attached hydrogen (secondary N) is 1. The molecule has 0 radical (unpaired) electrons. The molecule has 20 heavy (non-hydrogen) atoms. The number of hydrogen-bond donors (Lipinski definition) is 4. The van der Waals surface area contributed by atoms with Crippen molar-refractivity contribution in [1.29, 1.82) is 0 Å².